The number of nitrogens with zero attached hydrogens (tertiary/aromatic N) is 2. The van der Waals surface area contributed by atoms with Crippen molar-refractivity contribution in [1.29, 1.82) is 0 Å². The van der Waals surface area contributed by atoms with Crippen molar-refractivity contribution in [3.63, 3.8) is 0 Å². The Balaban J connectivity index is 1.95. The Labute approximate surface area is 154 Å². The van der Waals surface area contributed by atoms with Crippen LogP contribution in [0.3, 0.4) is 0 Å². The smallest absolute Gasteiger partial charge is 0.189 e. The molecule has 1 N–H and O–H groups in total. The Kier molecular flexibility index (Phi) is 5.61. The van der Waals surface area contributed by atoms with Crippen molar-refractivity contribution in [2.75, 3.05) is 13.6 Å². The largest absolute Gasteiger partial charge is 0.361 e. The fraction of sp³-hybridized carbons (Fsp3) is 0.238. The molecule has 0 aromatic heterocycles. The number of fused-ring (bicyclic) bond motifs is 2. The molecule has 0 bridgehead atoms. The molecule has 0 saturated heterocycles. The second kappa shape index (κ2) is 8.08. The first kappa shape index (κ1) is 17.4. The van der Waals surface area contributed by atoms with E-state index in [4.69, 9.17) is 12.2 Å². The van der Waals surface area contributed by atoms with E-state index in [9.17, 15) is 0 Å². The van der Waals surface area contributed by atoms with Gasteiger partial charge in [0, 0.05) is 19.2 Å². The maximum absolute atomic E-state index is 5.40. The van der Waals surface area contributed by atoms with Crippen LogP contribution in [0.5, 0.6) is 0 Å². The van der Waals surface area contributed by atoms with Gasteiger partial charge < -0.3 is 5.32 Å². The molecule has 3 rings (SSSR count). The molecule has 3 aromatic carbocycles. The first-order chi connectivity index (χ1) is 12.2. The van der Waals surface area contributed by atoms with Crippen molar-refractivity contribution < 1.29 is 0 Å². The van der Waals surface area contributed by atoms with Gasteiger partial charge in [-0.3, -0.25) is 0 Å². The number of hydrazone groups is 1. The molecule has 3 nitrogen and oxygen atoms in total. The molecule has 0 atom stereocenters. The average Bonchev–Trinajstić information content (AvgIpc) is 2.65. The van der Waals surface area contributed by atoms with E-state index in [0.29, 0.717) is 5.11 Å². The summed E-state index contributed by atoms with van der Waals surface area (Å²) in [6.07, 6.45) is 4.16. The van der Waals surface area contributed by atoms with Crippen molar-refractivity contribution in [3.05, 3.63) is 60.2 Å². The van der Waals surface area contributed by atoms with Gasteiger partial charge in [-0.2, -0.15) is 5.10 Å². The predicted molar refractivity (Wildman–Crippen MR) is 112 cm³/mol. The van der Waals surface area contributed by atoms with Crippen molar-refractivity contribution in [2.24, 2.45) is 5.10 Å². The second-order valence-electron chi connectivity index (χ2n) is 6.09. The van der Waals surface area contributed by atoms with Crippen LogP contribution in [0.2, 0.25) is 0 Å². The molecule has 0 saturated carbocycles. The quantitative estimate of drug-likeness (QED) is 0.233. The van der Waals surface area contributed by atoms with E-state index >= 15 is 0 Å². The highest BCUT2D eigenvalue weighted by molar-refractivity contribution is 7.80. The van der Waals surface area contributed by atoms with Gasteiger partial charge in [0.25, 0.3) is 0 Å². The summed E-state index contributed by atoms with van der Waals surface area (Å²) in [5, 5.41) is 15.0. The van der Waals surface area contributed by atoms with Crippen LogP contribution in [0.4, 0.5) is 0 Å². The number of nitrogens with one attached hydrogen (secondary N) is 1. The molecular weight excluding hydrogens is 326 g/mol. The molecule has 0 aliphatic rings. The number of thiocarbonyl (C=S) groups is 1. The third-order valence-electron chi connectivity index (χ3n) is 4.27. The highest BCUT2D eigenvalue weighted by Gasteiger charge is 2.06. The standard InChI is InChI=1S/C21H23N3S/c1-3-4-13-22-21(25)24(2)23-15-20-18-11-7-5-9-16(18)14-17-10-6-8-12-19(17)20/h5-12,14-15H,3-4,13H2,1-2H3,(H,22,25). The maximum atomic E-state index is 5.40. The summed E-state index contributed by atoms with van der Waals surface area (Å²) < 4.78 is 0. The van der Waals surface area contributed by atoms with Gasteiger partial charge in [-0.1, -0.05) is 61.9 Å². The Hall–Kier alpha value is -2.46. The summed E-state index contributed by atoms with van der Waals surface area (Å²) in [5.41, 5.74) is 1.12. The fourth-order valence-corrected chi connectivity index (χ4v) is 3.02. The van der Waals surface area contributed by atoms with Crippen molar-refractivity contribution in [1.82, 2.24) is 10.3 Å². The summed E-state index contributed by atoms with van der Waals surface area (Å²) in [5.74, 6) is 0. The number of hydrogen-bond acceptors (Lipinski definition) is 2. The Morgan fingerprint density at radius 2 is 1.68 bits per heavy atom. The first-order valence-corrected chi connectivity index (χ1v) is 9.07. The van der Waals surface area contributed by atoms with E-state index < -0.39 is 0 Å². The number of hydrogen-bond donors (Lipinski definition) is 1. The third kappa shape index (κ3) is 3.97. The zero-order valence-corrected chi connectivity index (χ0v) is 15.5. The molecule has 0 aliphatic heterocycles. The molecule has 0 fully saturated rings. The zero-order chi connectivity index (χ0) is 17.6. The van der Waals surface area contributed by atoms with Crippen LogP contribution in [0.25, 0.3) is 21.5 Å². The van der Waals surface area contributed by atoms with Crippen LogP contribution in [0.15, 0.2) is 59.7 Å². The SMILES string of the molecule is CCCCNC(=S)N(C)N=Cc1c2ccccc2cc2ccccc12. The lowest BCUT2D eigenvalue weighted by Crippen LogP contribution is -2.34. The Morgan fingerprint density at radius 3 is 2.28 bits per heavy atom. The summed E-state index contributed by atoms with van der Waals surface area (Å²) in [7, 11) is 1.88. The van der Waals surface area contributed by atoms with Crippen LogP contribution in [0, 0.1) is 0 Å². The lowest BCUT2D eigenvalue weighted by Gasteiger charge is -2.16. The topological polar surface area (TPSA) is 27.6 Å². The number of benzene rings is 3. The highest BCUT2D eigenvalue weighted by atomic mass is 32.1. The fourth-order valence-electron chi connectivity index (χ4n) is 2.87. The van der Waals surface area contributed by atoms with Crippen LogP contribution >= 0.6 is 12.2 Å². The summed E-state index contributed by atoms with van der Waals surface area (Å²) in [6, 6.07) is 19.0. The minimum absolute atomic E-state index is 0.647. The van der Waals surface area contributed by atoms with Gasteiger partial charge in [-0.25, -0.2) is 5.01 Å². The van der Waals surface area contributed by atoms with Gasteiger partial charge in [0.05, 0.1) is 6.21 Å². The van der Waals surface area contributed by atoms with Gasteiger partial charge in [0.2, 0.25) is 0 Å². The van der Waals surface area contributed by atoms with E-state index in [1.165, 1.54) is 21.5 Å². The summed E-state index contributed by atoms with van der Waals surface area (Å²) in [4.78, 5) is 0. The lowest BCUT2D eigenvalue weighted by atomic mass is 9.97. The Bertz CT molecular complexity index is 863. The molecule has 25 heavy (non-hydrogen) atoms. The van der Waals surface area contributed by atoms with Gasteiger partial charge in [-0.05, 0) is 46.2 Å². The maximum Gasteiger partial charge on any atom is 0.189 e. The minimum atomic E-state index is 0.647. The van der Waals surface area contributed by atoms with Crippen molar-refractivity contribution in [2.45, 2.75) is 19.8 Å². The molecule has 0 amide bonds. The number of unbranched alkanes of at least 4 members (excludes halogenated alkanes) is 1. The van der Waals surface area contributed by atoms with E-state index in [0.717, 1.165) is 24.9 Å². The first-order valence-electron chi connectivity index (χ1n) is 8.66. The summed E-state index contributed by atoms with van der Waals surface area (Å²) >= 11 is 5.40. The van der Waals surface area contributed by atoms with E-state index in [1.807, 2.05) is 13.3 Å². The van der Waals surface area contributed by atoms with Crippen molar-refractivity contribution >= 4 is 45.1 Å². The Morgan fingerprint density at radius 1 is 1.08 bits per heavy atom. The molecule has 0 unspecified atom stereocenters. The van der Waals surface area contributed by atoms with Crippen LogP contribution in [-0.2, 0) is 0 Å². The van der Waals surface area contributed by atoms with Crippen molar-refractivity contribution in [3.8, 4) is 0 Å². The van der Waals surface area contributed by atoms with Crippen LogP contribution in [0.1, 0.15) is 25.3 Å². The molecule has 128 valence electrons. The van der Waals surface area contributed by atoms with Crippen LogP contribution < -0.4 is 5.32 Å². The van der Waals surface area contributed by atoms with Crippen LogP contribution in [-0.4, -0.2) is 29.9 Å². The van der Waals surface area contributed by atoms with Gasteiger partial charge in [0.1, 0.15) is 0 Å². The molecule has 0 heterocycles. The molecule has 3 aromatic rings. The van der Waals surface area contributed by atoms with Gasteiger partial charge >= 0.3 is 0 Å². The molecular formula is C21H23N3S. The van der Waals surface area contributed by atoms with E-state index in [2.05, 4.69) is 71.9 Å². The molecule has 4 heteroatoms. The minimum Gasteiger partial charge on any atom is -0.361 e. The zero-order valence-electron chi connectivity index (χ0n) is 14.7. The summed E-state index contributed by atoms with van der Waals surface area (Å²) in [6.45, 7) is 3.05. The lowest BCUT2D eigenvalue weighted by molar-refractivity contribution is 0.530. The average molecular weight is 350 g/mol. The third-order valence-corrected chi connectivity index (χ3v) is 4.68. The number of rotatable bonds is 5. The van der Waals surface area contributed by atoms with E-state index in [1.54, 1.807) is 5.01 Å². The normalized spacial score (nSPS) is 11.3. The van der Waals surface area contributed by atoms with E-state index in [-0.39, 0.29) is 0 Å². The highest BCUT2D eigenvalue weighted by Crippen LogP contribution is 2.27. The van der Waals surface area contributed by atoms with Gasteiger partial charge in [-0.15, -0.1) is 0 Å². The molecule has 0 aliphatic carbocycles. The predicted octanol–water partition coefficient (Wildman–Crippen LogP) is 4.93. The van der Waals surface area contributed by atoms with Gasteiger partial charge in [0.15, 0.2) is 5.11 Å². The second-order valence-corrected chi connectivity index (χ2v) is 6.47. The molecule has 0 spiro atoms. The monoisotopic (exact) mass is 349 g/mol. The molecule has 0 radical (unpaired) electrons.